The molecule has 8 heteroatoms. The number of nitro benzene ring substituents is 1. The number of nitrogens with one attached hydrogen (secondary N) is 1. The monoisotopic (exact) mass is 365 g/mol. The number of non-ortho nitro benzene ring substituents is 1. The van der Waals surface area contributed by atoms with Crippen LogP contribution in [0.2, 0.25) is 0 Å². The molecule has 0 fully saturated rings. The Kier molecular flexibility index (Phi) is 5.58. The number of nitrogens with zero attached hydrogens (tertiary/aromatic N) is 2. The first-order valence-electron chi connectivity index (χ1n) is 7.96. The van der Waals surface area contributed by atoms with Crippen molar-refractivity contribution in [2.75, 3.05) is 0 Å². The highest BCUT2D eigenvalue weighted by Gasteiger charge is 2.11. The number of hydrogen-bond acceptors (Lipinski definition) is 6. The molecule has 3 aromatic rings. The van der Waals surface area contributed by atoms with E-state index < -0.39 is 10.8 Å². The van der Waals surface area contributed by atoms with E-state index in [9.17, 15) is 14.9 Å². The summed E-state index contributed by atoms with van der Waals surface area (Å²) in [5.74, 6) is 0.789. The van der Waals surface area contributed by atoms with Gasteiger partial charge in [-0.05, 0) is 42.0 Å². The van der Waals surface area contributed by atoms with Gasteiger partial charge in [-0.3, -0.25) is 14.9 Å². The van der Waals surface area contributed by atoms with Gasteiger partial charge < -0.3 is 9.15 Å². The average Bonchev–Trinajstić information content (AvgIpc) is 3.17. The molecule has 1 amide bonds. The second kappa shape index (κ2) is 8.43. The Bertz CT molecular complexity index is 949. The van der Waals surface area contributed by atoms with Crippen molar-refractivity contribution in [1.29, 1.82) is 0 Å². The minimum Gasteiger partial charge on any atom is -0.486 e. The summed E-state index contributed by atoms with van der Waals surface area (Å²) in [6.45, 7) is 0.198. The molecule has 2 aromatic carbocycles. The van der Waals surface area contributed by atoms with Crippen molar-refractivity contribution in [1.82, 2.24) is 5.43 Å². The van der Waals surface area contributed by atoms with Gasteiger partial charge in [-0.2, -0.15) is 5.10 Å². The molecule has 0 saturated heterocycles. The van der Waals surface area contributed by atoms with Crippen molar-refractivity contribution in [2.24, 2.45) is 5.10 Å². The Balaban J connectivity index is 1.52. The lowest BCUT2D eigenvalue weighted by Gasteiger charge is -2.03. The summed E-state index contributed by atoms with van der Waals surface area (Å²) in [4.78, 5) is 22.1. The summed E-state index contributed by atoms with van der Waals surface area (Å²) in [7, 11) is 0. The summed E-state index contributed by atoms with van der Waals surface area (Å²) in [6.07, 6.45) is 1.38. The number of amides is 1. The molecule has 0 saturated carbocycles. The zero-order chi connectivity index (χ0) is 19.1. The first kappa shape index (κ1) is 17.9. The largest absolute Gasteiger partial charge is 0.486 e. The standard InChI is InChI=1S/C19H15N3O5/c23-19(21-20-12-14-6-8-15(9-7-14)22(24)25)18-11-10-17(27-18)13-26-16-4-2-1-3-5-16/h1-12H,13H2,(H,21,23)/b20-12-. The van der Waals surface area contributed by atoms with Gasteiger partial charge in [-0.1, -0.05) is 18.2 Å². The van der Waals surface area contributed by atoms with Crippen LogP contribution in [0.1, 0.15) is 21.9 Å². The van der Waals surface area contributed by atoms with Crippen LogP contribution >= 0.6 is 0 Å². The second-order valence-corrected chi connectivity index (χ2v) is 5.42. The van der Waals surface area contributed by atoms with Crippen LogP contribution in [0.15, 0.2) is 76.2 Å². The number of para-hydroxylation sites is 1. The fourth-order valence-corrected chi connectivity index (χ4v) is 2.15. The Morgan fingerprint density at radius 1 is 1.11 bits per heavy atom. The third kappa shape index (κ3) is 5.02. The SMILES string of the molecule is O=C(N/N=C\c1ccc([N+](=O)[O-])cc1)c1ccc(COc2ccccc2)o1. The van der Waals surface area contributed by atoms with E-state index in [1.807, 2.05) is 30.3 Å². The van der Waals surface area contributed by atoms with E-state index in [0.29, 0.717) is 17.1 Å². The van der Waals surface area contributed by atoms with Gasteiger partial charge in [0.05, 0.1) is 11.1 Å². The van der Waals surface area contributed by atoms with E-state index in [2.05, 4.69) is 10.5 Å². The van der Waals surface area contributed by atoms with Crippen LogP contribution < -0.4 is 10.2 Å². The molecular weight excluding hydrogens is 350 g/mol. The molecule has 0 atom stereocenters. The van der Waals surface area contributed by atoms with Crippen LogP contribution in [0.25, 0.3) is 0 Å². The molecule has 0 aliphatic carbocycles. The molecule has 8 nitrogen and oxygen atoms in total. The molecule has 3 rings (SSSR count). The molecular formula is C19H15N3O5. The van der Waals surface area contributed by atoms with Crippen molar-refractivity contribution in [3.63, 3.8) is 0 Å². The van der Waals surface area contributed by atoms with Crippen molar-refractivity contribution in [2.45, 2.75) is 6.61 Å². The predicted octanol–water partition coefficient (Wildman–Crippen LogP) is 3.53. The molecule has 27 heavy (non-hydrogen) atoms. The zero-order valence-electron chi connectivity index (χ0n) is 14.1. The summed E-state index contributed by atoms with van der Waals surface area (Å²) < 4.78 is 11.0. The van der Waals surface area contributed by atoms with Gasteiger partial charge in [0.2, 0.25) is 0 Å². The highest BCUT2D eigenvalue weighted by atomic mass is 16.6. The smallest absolute Gasteiger partial charge is 0.307 e. The molecule has 1 aromatic heterocycles. The van der Waals surface area contributed by atoms with Crippen LogP contribution in [-0.2, 0) is 6.61 Å². The van der Waals surface area contributed by atoms with E-state index in [0.717, 1.165) is 0 Å². The number of ether oxygens (including phenoxy) is 1. The van der Waals surface area contributed by atoms with Crippen molar-refractivity contribution in [3.05, 3.63) is 93.9 Å². The van der Waals surface area contributed by atoms with Crippen LogP contribution in [0.4, 0.5) is 5.69 Å². The lowest BCUT2D eigenvalue weighted by molar-refractivity contribution is -0.384. The number of hydrazone groups is 1. The van der Waals surface area contributed by atoms with Gasteiger partial charge in [0.15, 0.2) is 5.76 Å². The third-order valence-corrected chi connectivity index (χ3v) is 3.49. The molecule has 1 N–H and O–H groups in total. The molecule has 0 aliphatic heterocycles. The van der Waals surface area contributed by atoms with Crippen LogP contribution in [0, 0.1) is 10.1 Å². The summed E-state index contributed by atoms with van der Waals surface area (Å²) in [5, 5.41) is 14.4. The van der Waals surface area contributed by atoms with Gasteiger partial charge in [0.25, 0.3) is 5.69 Å². The number of carbonyl (C=O) groups excluding carboxylic acids is 1. The highest BCUT2D eigenvalue weighted by Crippen LogP contribution is 2.14. The Morgan fingerprint density at radius 3 is 2.56 bits per heavy atom. The number of benzene rings is 2. The van der Waals surface area contributed by atoms with Crippen LogP contribution in [0.3, 0.4) is 0 Å². The lowest BCUT2D eigenvalue weighted by Crippen LogP contribution is -2.16. The molecule has 0 bridgehead atoms. The summed E-state index contributed by atoms with van der Waals surface area (Å²) in [6, 6.07) is 18.2. The second-order valence-electron chi connectivity index (χ2n) is 5.42. The Hall–Kier alpha value is -3.94. The molecule has 0 unspecified atom stereocenters. The number of hydrogen-bond donors (Lipinski definition) is 1. The van der Waals surface area contributed by atoms with Crippen LogP contribution in [-0.4, -0.2) is 17.0 Å². The van der Waals surface area contributed by atoms with Gasteiger partial charge in [-0.15, -0.1) is 0 Å². The molecule has 0 aliphatic rings. The Morgan fingerprint density at radius 2 is 1.85 bits per heavy atom. The number of furan rings is 1. The highest BCUT2D eigenvalue weighted by molar-refractivity contribution is 5.92. The fourth-order valence-electron chi connectivity index (χ4n) is 2.15. The summed E-state index contributed by atoms with van der Waals surface area (Å²) >= 11 is 0. The van der Waals surface area contributed by atoms with Gasteiger partial charge in [0, 0.05) is 12.1 Å². The maximum Gasteiger partial charge on any atom is 0.307 e. The Labute approximate surface area is 154 Å². The van der Waals surface area contributed by atoms with Crippen molar-refractivity contribution in [3.8, 4) is 5.75 Å². The maximum absolute atomic E-state index is 12.0. The first-order valence-corrected chi connectivity index (χ1v) is 7.96. The van der Waals surface area contributed by atoms with Crippen molar-refractivity contribution < 1.29 is 18.9 Å². The first-order chi connectivity index (χ1) is 13.1. The quantitative estimate of drug-likeness (QED) is 0.391. The van der Waals surface area contributed by atoms with E-state index >= 15 is 0 Å². The third-order valence-electron chi connectivity index (χ3n) is 3.49. The van der Waals surface area contributed by atoms with E-state index in [4.69, 9.17) is 9.15 Å². The number of nitro groups is 1. The average molecular weight is 365 g/mol. The van der Waals surface area contributed by atoms with E-state index in [1.165, 1.54) is 36.5 Å². The minimum absolute atomic E-state index is 0.0166. The van der Waals surface area contributed by atoms with E-state index in [-0.39, 0.29) is 18.1 Å². The molecule has 0 radical (unpaired) electrons. The zero-order valence-corrected chi connectivity index (χ0v) is 14.1. The summed E-state index contributed by atoms with van der Waals surface area (Å²) in [5.41, 5.74) is 2.93. The molecule has 136 valence electrons. The fraction of sp³-hybridized carbons (Fsp3) is 0.0526. The van der Waals surface area contributed by atoms with E-state index in [1.54, 1.807) is 6.07 Å². The minimum atomic E-state index is -0.515. The van der Waals surface area contributed by atoms with Crippen LogP contribution in [0.5, 0.6) is 5.75 Å². The number of rotatable bonds is 7. The van der Waals surface area contributed by atoms with Gasteiger partial charge in [0.1, 0.15) is 18.1 Å². The topological polar surface area (TPSA) is 107 Å². The molecule has 0 spiro atoms. The van der Waals surface area contributed by atoms with Gasteiger partial charge in [-0.25, -0.2) is 5.43 Å². The molecule has 1 heterocycles. The lowest BCUT2D eigenvalue weighted by atomic mass is 10.2. The predicted molar refractivity (Wildman–Crippen MR) is 97.6 cm³/mol. The number of carbonyl (C=O) groups is 1. The normalized spacial score (nSPS) is 10.7. The van der Waals surface area contributed by atoms with Crippen molar-refractivity contribution >= 4 is 17.8 Å². The maximum atomic E-state index is 12.0. The van der Waals surface area contributed by atoms with Gasteiger partial charge >= 0.3 is 5.91 Å².